The molecule has 0 amide bonds. The summed E-state index contributed by atoms with van der Waals surface area (Å²) in [6, 6.07) is 33.6. The molecule has 6 rings (SSSR count). The van der Waals surface area contributed by atoms with Gasteiger partial charge in [-0.05, 0) is 29.8 Å². The average Bonchev–Trinajstić information content (AvgIpc) is 3.42. The van der Waals surface area contributed by atoms with Crippen molar-refractivity contribution in [1.29, 1.82) is 0 Å². The summed E-state index contributed by atoms with van der Waals surface area (Å²) in [5.41, 5.74) is 7.66. The zero-order valence-corrected chi connectivity index (χ0v) is 15.7. The van der Waals surface area contributed by atoms with Crippen LogP contribution in [0, 0.1) is 0 Å². The second-order valence-corrected chi connectivity index (χ2v) is 7.24. The van der Waals surface area contributed by atoms with Crippen molar-refractivity contribution in [1.82, 2.24) is 19.6 Å². The minimum Gasteiger partial charge on any atom is -0.318 e. The van der Waals surface area contributed by atoms with Gasteiger partial charge in [0.05, 0.1) is 23.0 Å². The lowest BCUT2D eigenvalue weighted by atomic mass is 9.89. The Morgan fingerprint density at radius 3 is 2.14 bits per heavy atom. The monoisotopic (exact) mass is 374 g/mol. The van der Waals surface area contributed by atoms with Gasteiger partial charge < -0.3 is 4.57 Å². The predicted octanol–water partition coefficient (Wildman–Crippen LogP) is 5.22. The van der Waals surface area contributed by atoms with Gasteiger partial charge in [-0.3, -0.25) is 0 Å². The third-order valence-electron chi connectivity index (χ3n) is 5.60. The molecule has 1 atom stereocenters. The zero-order chi connectivity index (χ0) is 19.2. The number of aromatic nitrogens is 4. The highest BCUT2D eigenvalue weighted by Gasteiger charge is 2.32. The van der Waals surface area contributed by atoms with Crippen molar-refractivity contribution in [2.24, 2.45) is 0 Å². The van der Waals surface area contributed by atoms with Crippen LogP contribution < -0.4 is 0 Å². The topological polar surface area (TPSA) is 35.6 Å². The Labute approximate surface area is 168 Å². The summed E-state index contributed by atoms with van der Waals surface area (Å²) in [6.45, 7) is 0. The van der Waals surface area contributed by atoms with Gasteiger partial charge in [0.2, 0.25) is 0 Å². The quantitative estimate of drug-likeness (QED) is 0.417. The first-order chi connectivity index (χ1) is 14.4. The third kappa shape index (κ3) is 2.39. The molecule has 5 aromatic rings. The molecule has 3 heterocycles. The van der Waals surface area contributed by atoms with Gasteiger partial charge in [0.15, 0.2) is 0 Å². The van der Waals surface area contributed by atoms with E-state index in [-0.39, 0.29) is 5.92 Å². The number of para-hydroxylation sites is 2. The van der Waals surface area contributed by atoms with Crippen LogP contribution in [0.25, 0.3) is 22.6 Å². The number of benzene rings is 3. The summed E-state index contributed by atoms with van der Waals surface area (Å²) < 4.78 is 4.29. The summed E-state index contributed by atoms with van der Waals surface area (Å²) in [5, 5.41) is 9.27. The Bertz CT molecular complexity index is 1300. The lowest BCUT2D eigenvalue weighted by molar-refractivity contribution is 0.754. The van der Waals surface area contributed by atoms with Crippen molar-refractivity contribution in [3.05, 3.63) is 120 Å². The maximum absolute atomic E-state index is 4.65. The minimum absolute atomic E-state index is 0.0174. The average molecular weight is 374 g/mol. The van der Waals surface area contributed by atoms with E-state index >= 15 is 0 Å². The van der Waals surface area contributed by atoms with Gasteiger partial charge in [-0.25, -0.2) is 4.68 Å². The number of rotatable bonds is 2. The maximum atomic E-state index is 4.65. The van der Waals surface area contributed by atoms with Crippen LogP contribution in [0.3, 0.4) is 0 Å². The Kier molecular flexibility index (Phi) is 3.50. The van der Waals surface area contributed by atoms with Crippen molar-refractivity contribution in [2.75, 3.05) is 0 Å². The second kappa shape index (κ2) is 6.31. The Morgan fingerprint density at radius 1 is 0.655 bits per heavy atom. The van der Waals surface area contributed by atoms with E-state index in [2.05, 4.69) is 99.9 Å². The van der Waals surface area contributed by atoms with Crippen LogP contribution in [-0.4, -0.2) is 19.6 Å². The molecule has 0 fully saturated rings. The fraction of sp³-hybridized carbons (Fsp3) is 0.0400. The molecule has 1 unspecified atom stereocenters. The molecule has 0 N–H and O–H groups in total. The van der Waals surface area contributed by atoms with Crippen molar-refractivity contribution in [2.45, 2.75) is 5.92 Å². The van der Waals surface area contributed by atoms with E-state index in [1.165, 1.54) is 11.3 Å². The van der Waals surface area contributed by atoms with Crippen LogP contribution >= 0.6 is 0 Å². The van der Waals surface area contributed by atoms with E-state index in [1.807, 2.05) is 22.9 Å². The van der Waals surface area contributed by atoms with Gasteiger partial charge in [-0.1, -0.05) is 78.0 Å². The van der Waals surface area contributed by atoms with Crippen LogP contribution in [-0.2, 0) is 0 Å². The van der Waals surface area contributed by atoms with Crippen LogP contribution in [0.1, 0.15) is 22.9 Å². The van der Waals surface area contributed by atoms with Gasteiger partial charge in [0.1, 0.15) is 5.69 Å². The van der Waals surface area contributed by atoms with Crippen molar-refractivity contribution in [3.8, 4) is 22.6 Å². The lowest BCUT2D eigenvalue weighted by Crippen LogP contribution is -2.10. The molecule has 0 radical (unpaired) electrons. The van der Waals surface area contributed by atoms with Gasteiger partial charge in [0.25, 0.3) is 0 Å². The van der Waals surface area contributed by atoms with Crippen LogP contribution in [0.15, 0.2) is 103 Å². The number of nitrogens with zero attached hydrogens (tertiary/aromatic N) is 4. The summed E-state index contributed by atoms with van der Waals surface area (Å²) in [6.07, 6.45) is 2.13. The summed E-state index contributed by atoms with van der Waals surface area (Å²) in [7, 11) is 0. The molecule has 0 bridgehead atoms. The summed E-state index contributed by atoms with van der Waals surface area (Å²) in [4.78, 5) is 0. The molecule has 138 valence electrons. The fourth-order valence-corrected chi connectivity index (χ4v) is 4.34. The number of fused-ring (bicyclic) bond motifs is 5. The van der Waals surface area contributed by atoms with Crippen LogP contribution in [0.4, 0.5) is 0 Å². The first-order valence-electron chi connectivity index (χ1n) is 9.75. The molecule has 4 heteroatoms. The molecule has 4 nitrogen and oxygen atoms in total. The molecular formula is C25H18N4. The molecule has 3 aromatic carbocycles. The molecule has 1 aliphatic heterocycles. The number of hydrogen-bond acceptors (Lipinski definition) is 2. The molecule has 0 aliphatic carbocycles. The first kappa shape index (κ1) is 16.1. The lowest BCUT2D eigenvalue weighted by Gasteiger charge is -2.18. The highest BCUT2D eigenvalue weighted by Crippen LogP contribution is 2.42. The van der Waals surface area contributed by atoms with Gasteiger partial charge in [0, 0.05) is 17.5 Å². The van der Waals surface area contributed by atoms with E-state index in [4.69, 9.17) is 0 Å². The molecule has 1 aliphatic rings. The second-order valence-electron chi connectivity index (χ2n) is 7.24. The van der Waals surface area contributed by atoms with E-state index in [1.54, 1.807) is 0 Å². The zero-order valence-electron chi connectivity index (χ0n) is 15.7. The predicted molar refractivity (Wildman–Crippen MR) is 114 cm³/mol. The highest BCUT2D eigenvalue weighted by atomic mass is 15.4. The fourth-order valence-electron chi connectivity index (χ4n) is 4.34. The Morgan fingerprint density at radius 2 is 1.34 bits per heavy atom. The van der Waals surface area contributed by atoms with Crippen LogP contribution in [0.2, 0.25) is 0 Å². The Balaban J connectivity index is 1.74. The molecule has 0 spiro atoms. The molecular weight excluding hydrogens is 356 g/mol. The van der Waals surface area contributed by atoms with Crippen molar-refractivity contribution < 1.29 is 0 Å². The first-order valence-corrected chi connectivity index (χ1v) is 9.75. The van der Waals surface area contributed by atoms with Gasteiger partial charge >= 0.3 is 0 Å². The van der Waals surface area contributed by atoms with Crippen molar-refractivity contribution in [3.63, 3.8) is 0 Å². The SMILES string of the molecule is c1ccc(-c2nnn3c2C(c2ccccc2)c2cccn2-c2ccccc2-3)cc1. The summed E-state index contributed by atoms with van der Waals surface area (Å²) in [5.74, 6) is 0.0174. The number of hydrogen-bond donors (Lipinski definition) is 0. The summed E-state index contributed by atoms with van der Waals surface area (Å²) >= 11 is 0. The van der Waals surface area contributed by atoms with Gasteiger partial charge in [-0.2, -0.15) is 0 Å². The third-order valence-corrected chi connectivity index (χ3v) is 5.60. The van der Waals surface area contributed by atoms with E-state index in [9.17, 15) is 0 Å². The Hall–Kier alpha value is -3.92. The van der Waals surface area contributed by atoms with E-state index in [0.29, 0.717) is 0 Å². The molecule has 2 aromatic heterocycles. The largest absolute Gasteiger partial charge is 0.318 e. The normalized spacial score (nSPS) is 14.6. The van der Waals surface area contributed by atoms with Crippen LogP contribution in [0.5, 0.6) is 0 Å². The molecule has 0 saturated carbocycles. The standard InChI is InChI=1S/C25H18N4/c1-3-10-18(11-4-1)23-22-16-9-17-28(22)20-14-7-8-15-21(20)29-25(23)24(26-27-29)19-12-5-2-6-13-19/h1-17,23H. The van der Waals surface area contributed by atoms with Gasteiger partial charge in [-0.15, -0.1) is 5.10 Å². The smallest absolute Gasteiger partial charge is 0.117 e. The molecule has 0 saturated heterocycles. The maximum Gasteiger partial charge on any atom is 0.117 e. The van der Waals surface area contributed by atoms with E-state index in [0.717, 1.165) is 28.3 Å². The van der Waals surface area contributed by atoms with Crippen molar-refractivity contribution >= 4 is 0 Å². The highest BCUT2D eigenvalue weighted by molar-refractivity contribution is 5.68. The molecule has 29 heavy (non-hydrogen) atoms. The minimum atomic E-state index is 0.0174. The van der Waals surface area contributed by atoms with E-state index < -0.39 is 0 Å².